The third-order valence-electron chi connectivity index (χ3n) is 6.76. The number of rotatable bonds is 6. The van der Waals surface area contributed by atoms with Crippen molar-refractivity contribution in [2.24, 2.45) is 5.92 Å². The Morgan fingerprint density at radius 2 is 2.12 bits per heavy atom. The highest BCUT2D eigenvalue weighted by molar-refractivity contribution is 5.70. The second kappa shape index (κ2) is 7.59. The highest BCUT2D eigenvalue weighted by Gasteiger charge is 2.46. The number of cyclic esters (lactones) is 1. The van der Waals surface area contributed by atoms with Gasteiger partial charge in [-0.2, -0.15) is 0 Å². The molecule has 4 heteroatoms. The first-order chi connectivity index (χ1) is 12.7. The van der Waals surface area contributed by atoms with Crippen molar-refractivity contribution in [2.45, 2.75) is 75.7 Å². The summed E-state index contributed by atoms with van der Waals surface area (Å²) in [5, 5.41) is 12.0. The van der Waals surface area contributed by atoms with Gasteiger partial charge in [0.15, 0.2) is 0 Å². The minimum absolute atomic E-state index is 0.114. The number of nitrogens with one attached hydrogen (secondary N) is 1. The van der Waals surface area contributed by atoms with Gasteiger partial charge < -0.3 is 15.2 Å². The summed E-state index contributed by atoms with van der Waals surface area (Å²) in [6.45, 7) is 0.861. The number of hydrogen-bond acceptors (Lipinski definition) is 3. The first-order valence-electron chi connectivity index (χ1n) is 10.3. The molecule has 1 aromatic rings. The van der Waals surface area contributed by atoms with E-state index in [9.17, 15) is 4.79 Å². The van der Waals surface area contributed by atoms with Crippen molar-refractivity contribution in [3.63, 3.8) is 0 Å². The Labute approximate surface area is 156 Å². The van der Waals surface area contributed by atoms with Gasteiger partial charge in [-0.15, -0.1) is 0 Å². The van der Waals surface area contributed by atoms with E-state index in [-0.39, 0.29) is 11.6 Å². The largest absolute Gasteiger partial charge is 0.447 e. The summed E-state index contributed by atoms with van der Waals surface area (Å²) >= 11 is 0. The maximum absolute atomic E-state index is 11.4. The molecule has 2 aliphatic carbocycles. The summed E-state index contributed by atoms with van der Waals surface area (Å²) in [6, 6.07) is 7.13. The number of hydrogen-bond donors (Lipinski definition) is 2. The number of alkyl carbamates (subject to hydrolysis) is 1. The number of benzene rings is 1. The molecule has 1 spiro atoms. The van der Waals surface area contributed by atoms with Crippen molar-refractivity contribution >= 4 is 6.09 Å². The van der Waals surface area contributed by atoms with Crippen LogP contribution in [0.1, 0.15) is 74.0 Å². The number of aliphatic hydroxyl groups excluding tert-OH is 1. The van der Waals surface area contributed by atoms with Crippen LogP contribution in [0.25, 0.3) is 0 Å². The Hall–Kier alpha value is -1.55. The number of amides is 1. The van der Waals surface area contributed by atoms with Crippen LogP contribution in [0.2, 0.25) is 0 Å². The monoisotopic (exact) mass is 357 g/mol. The van der Waals surface area contributed by atoms with E-state index < -0.39 is 0 Å². The fourth-order valence-electron chi connectivity index (χ4n) is 5.22. The molecule has 26 heavy (non-hydrogen) atoms. The van der Waals surface area contributed by atoms with Gasteiger partial charge in [-0.25, -0.2) is 4.79 Å². The van der Waals surface area contributed by atoms with Crippen molar-refractivity contribution < 1.29 is 14.6 Å². The quantitative estimate of drug-likeness (QED) is 0.754. The molecule has 1 heterocycles. The Morgan fingerprint density at radius 1 is 1.19 bits per heavy atom. The molecule has 0 aromatic heterocycles. The molecule has 1 saturated heterocycles. The van der Waals surface area contributed by atoms with Crippen molar-refractivity contribution in [1.82, 2.24) is 5.32 Å². The Kier molecular flexibility index (Phi) is 5.21. The van der Waals surface area contributed by atoms with Crippen LogP contribution in [-0.4, -0.2) is 30.0 Å². The van der Waals surface area contributed by atoms with Crippen LogP contribution in [0.15, 0.2) is 18.2 Å². The Morgan fingerprint density at radius 3 is 2.92 bits per heavy atom. The minimum Gasteiger partial charge on any atom is -0.447 e. The summed E-state index contributed by atoms with van der Waals surface area (Å²) < 4.78 is 5.16. The van der Waals surface area contributed by atoms with Crippen molar-refractivity contribution in [3.8, 4) is 0 Å². The van der Waals surface area contributed by atoms with Gasteiger partial charge in [0, 0.05) is 6.61 Å². The van der Waals surface area contributed by atoms with E-state index in [0.29, 0.717) is 19.1 Å². The van der Waals surface area contributed by atoms with Gasteiger partial charge >= 0.3 is 6.09 Å². The standard InChI is InChI=1S/C22H31NO3/c24-11-3-1-2-4-16-5-6-18-13-19(8-7-17(18)12-16)20-9-10-22(14-20)15-26-21(25)23-22/h7-8,13,16,20,24H,1-6,9-12,14-15H2,(H,23,25)/t16?,20-,22+/m0/s1. The van der Waals surface area contributed by atoms with Gasteiger partial charge in [0.05, 0.1) is 5.54 Å². The van der Waals surface area contributed by atoms with Crippen LogP contribution >= 0.6 is 0 Å². The molecule has 2 N–H and O–H groups in total. The summed E-state index contributed by atoms with van der Waals surface area (Å²) in [4.78, 5) is 11.4. The number of carbonyl (C=O) groups excluding carboxylic acids is 1. The third-order valence-corrected chi connectivity index (χ3v) is 6.76. The van der Waals surface area contributed by atoms with E-state index in [1.54, 1.807) is 5.56 Å². The Bertz CT molecular complexity index is 659. The highest BCUT2D eigenvalue weighted by atomic mass is 16.6. The topological polar surface area (TPSA) is 58.6 Å². The van der Waals surface area contributed by atoms with E-state index in [0.717, 1.165) is 38.0 Å². The third kappa shape index (κ3) is 3.75. The van der Waals surface area contributed by atoms with Crippen LogP contribution in [0.5, 0.6) is 0 Å². The molecule has 0 bridgehead atoms. The molecule has 1 aliphatic heterocycles. The summed E-state index contributed by atoms with van der Waals surface area (Å²) in [7, 11) is 0. The smallest absolute Gasteiger partial charge is 0.407 e. The average Bonchev–Trinajstić information content (AvgIpc) is 3.24. The lowest BCUT2D eigenvalue weighted by Gasteiger charge is -2.26. The molecule has 3 aliphatic rings. The molecule has 1 unspecified atom stereocenters. The van der Waals surface area contributed by atoms with Crippen molar-refractivity contribution in [3.05, 3.63) is 34.9 Å². The van der Waals surface area contributed by atoms with Gasteiger partial charge in [-0.3, -0.25) is 0 Å². The zero-order valence-electron chi connectivity index (χ0n) is 15.6. The molecule has 0 radical (unpaired) electrons. The van der Waals surface area contributed by atoms with Gasteiger partial charge in [-0.05, 0) is 73.5 Å². The van der Waals surface area contributed by atoms with Crippen LogP contribution in [0, 0.1) is 5.92 Å². The van der Waals surface area contributed by atoms with E-state index in [2.05, 4.69) is 23.5 Å². The molecule has 1 aromatic carbocycles. The fraction of sp³-hybridized carbons (Fsp3) is 0.682. The molecular weight excluding hydrogens is 326 g/mol. The zero-order valence-corrected chi connectivity index (χ0v) is 15.6. The van der Waals surface area contributed by atoms with Crippen LogP contribution in [0.4, 0.5) is 4.79 Å². The SMILES string of the molecule is O=C1N[C@@]2(CC[C@H](c3ccc4c(c3)CCC(CCCCCO)C4)C2)CO1. The number of unbranched alkanes of at least 4 members (excludes halogenated alkanes) is 2. The number of ether oxygens (including phenoxy) is 1. The number of aryl methyl sites for hydroxylation is 1. The second-order valence-corrected chi connectivity index (χ2v) is 8.63. The maximum atomic E-state index is 11.4. The normalized spacial score (nSPS) is 30.3. The second-order valence-electron chi connectivity index (χ2n) is 8.63. The summed E-state index contributed by atoms with van der Waals surface area (Å²) in [5.41, 5.74) is 4.42. The van der Waals surface area contributed by atoms with Gasteiger partial charge in [-0.1, -0.05) is 37.5 Å². The fourth-order valence-corrected chi connectivity index (χ4v) is 5.22. The zero-order chi connectivity index (χ0) is 18.0. The first-order valence-corrected chi connectivity index (χ1v) is 10.3. The highest BCUT2D eigenvalue weighted by Crippen LogP contribution is 2.43. The predicted octanol–water partition coefficient (Wildman–Crippen LogP) is 4.09. The molecule has 1 amide bonds. The first kappa shape index (κ1) is 17.8. The predicted molar refractivity (Wildman–Crippen MR) is 101 cm³/mol. The number of carbonyl (C=O) groups is 1. The Balaban J connectivity index is 1.36. The van der Waals surface area contributed by atoms with Gasteiger partial charge in [0.1, 0.15) is 6.61 Å². The maximum Gasteiger partial charge on any atom is 0.407 e. The summed E-state index contributed by atoms with van der Waals surface area (Å²) in [6.07, 6.45) is 11.3. The van der Waals surface area contributed by atoms with E-state index in [4.69, 9.17) is 9.84 Å². The molecule has 3 atom stereocenters. The minimum atomic E-state index is -0.249. The molecule has 4 rings (SSSR count). The lowest BCUT2D eigenvalue weighted by molar-refractivity contribution is 0.172. The number of aliphatic hydroxyl groups is 1. The molecule has 4 nitrogen and oxygen atoms in total. The van der Waals surface area contributed by atoms with Gasteiger partial charge in [0.2, 0.25) is 0 Å². The van der Waals surface area contributed by atoms with Gasteiger partial charge in [0.25, 0.3) is 0 Å². The van der Waals surface area contributed by atoms with Crippen LogP contribution in [0.3, 0.4) is 0 Å². The molecule has 2 fully saturated rings. The summed E-state index contributed by atoms with van der Waals surface area (Å²) in [5.74, 6) is 1.35. The average molecular weight is 357 g/mol. The van der Waals surface area contributed by atoms with Crippen molar-refractivity contribution in [2.75, 3.05) is 13.2 Å². The van der Waals surface area contributed by atoms with Crippen LogP contribution < -0.4 is 5.32 Å². The molecule has 1 saturated carbocycles. The van der Waals surface area contributed by atoms with E-state index in [1.807, 2.05) is 0 Å². The van der Waals surface area contributed by atoms with Crippen molar-refractivity contribution in [1.29, 1.82) is 0 Å². The molecular formula is C22H31NO3. The lowest BCUT2D eigenvalue weighted by atomic mass is 9.79. The molecule has 142 valence electrons. The lowest BCUT2D eigenvalue weighted by Crippen LogP contribution is -2.40. The van der Waals surface area contributed by atoms with Crippen LogP contribution in [-0.2, 0) is 17.6 Å². The van der Waals surface area contributed by atoms with E-state index >= 15 is 0 Å². The number of fused-ring (bicyclic) bond motifs is 1. The van der Waals surface area contributed by atoms with E-state index in [1.165, 1.54) is 43.2 Å².